The first-order valence-electron chi connectivity index (χ1n) is 4.33. The van der Waals surface area contributed by atoms with Crippen LogP contribution in [0.2, 0.25) is 0 Å². The highest BCUT2D eigenvalue weighted by Crippen LogP contribution is 2.37. The van der Waals surface area contributed by atoms with Crippen LogP contribution >= 0.6 is 23.1 Å². The Bertz CT molecular complexity index is 350. The number of rotatable bonds is 2. The molecular formula is C9H11NO2S2. The molecule has 0 bridgehead atoms. The molecule has 2 atom stereocenters. The summed E-state index contributed by atoms with van der Waals surface area (Å²) in [5.41, 5.74) is 1.24. The highest BCUT2D eigenvalue weighted by atomic mass is 32.2. The molecule has 2 rings (SSSR count). The van der Waals surface area contributed by atoms with E-state index in [9.17, 15) is 4.79 Å². The Morgan fingerprint density at radius 1 is 1.71 bits per heavy atom. The van der Waals surface area contributed by atoms with E-state index in [4.69, 9.17) is 5.11 Å². The van der Waals surface area contributed by atoms with E-state index >= 15 is 0 Å². The molecule has 1 fully saturated rings. The zero-order valence-corrected chi connectivity index (χ0v) is 9.32. The molecule has 3 nitrogen and oxygen atoms in total. The number of hydrogen-bond donors (Lipinski definition) is 2. The van der Waals surface area contributed by atoms with Crippen molar-refractivity contribution in [2.45, 2.75) is 18.3 Å². The Hall–Kier alpha value is -0.520. The molecular weight excluding hydrogens is 218 g/mol. The fourth-order valence-electron chi connectivity index (χ4n) is 1.42. The molecule has 0 aromatic carbocycles. The summed E-state index contributed by atoms with van der Waals surface area (Å²) >= 11 is 3.35. The molecule has 2 heterocycles. The fourth-order valence-corrected chi connectivity index (χ4v) is 3.87. The molecule has 0 amide bonds. The number of thiophene rings is 1. The standard InChI is InChI=1S/C9H11NO2S2/c1-5-2-3-13-7(5)8-10-6(4-14-8)9(11)12/h2-3,6,8,10H,4H2,1H3,(H,11,12)/t6-,8?/m1/s1. The van der Waals surface area contributed by atoms with Gasteiger partial charge in [0.25, 0.3) is 0 Å². The maximum atomic E-state index is 10.7. The van der Waals surface area contributed by atoms with Crippen LogP contribution in [0.4, 0.5) is 0 Å². The third-order valence-electron chi connectivity index (χ3n) is 2.22. The Morgan fingerprint density at radius 2 is 2.50 bits per heavy atom. The molecule has 5 heteroatoms. The van der Waals surface area contributed by atoms with Crippen molar-refractivity contribution >= 4 is 29.1 Å². The van der Waals surface area contributed by atoms with E-state index in [1.165, 1.54) is 10.4 Å². The van der Waals surface area contributed by atoms with Gasteiger partial charge in [-0.2, -0.15) is 0 Å². The van der Waals surface area contributed by atoms with Gasteiger partial charge < -0.3 is 5.11 Å². The molecule has 1 aliphatic rings. The average molecular weight is 229 g/mol. The molecule has 1 aromatic heterocycles. The largest absolute Gasteiger partial charge is 0.480 e. The number of carbonyl (C=O) groups is 1. The highest BCUT2D eigenvalue weighted by Gasteiger charge is 2.31. The minimum absolute atomic E-state index is 0.163. The topological polar surface area (TPSA) is 49.3 Å². The third-order valence-corrected chi connectivity index (χ3v) is 4.68. The van der Waals surface area contributed by atoms with Gasteiger partial charge in [0.2, 0.25) is 0 Å². The number of thioether (sulfide) groups is 1. The second-order valence-electron chi connectivity index (χ2n) is 3.24. The zero-order valence-electron chi connectivity index (χ0n) is 7.69. The van der Waals surface area contributed by atoms with Crippen molar-refractivity contribution in [2.75, 3.05) is 5.75 Å². The van der Waals surface area contributed by atoms with Crippen molar-refractivity contribution in [2.24, 2.45) is 0 Å². The van der Waals surface area contributed by atoms with Crippen molar-refractivity contribution in [3.8, 4) is 0 Å². The van der Waals surface area contributed by atoms with Gasteiger partial charge in [-0.15, -0.1) is 23.1 Å². The van der Waals surface area contributed by atoms with Crippen LogP contribution in [-0.4, -0.2) is 22.9 Å². The van der Waals surface area contributed by atoms with Crippen molar-refractivity contribution < 1.29 is 9.90 Å². The minimum atomic E-state index is -0.755. The van der Waals surface area contributed by atoms with Crippen molar-refractivity contribution in [1.29, 1.82) is 0 Å². The lowest BCUT2D eigenvalue weighted by atomic mass is 10.2. The first-order valence-corrected chi connectivity index (χ1v) is 6.26. The Kier molecular flexibility index (Phi) is 2.80. The lowest BCUT2D eigenvalue weighted by molar-refractivity contribution is -0.138. The highest BCUT2D eigenvalue weighted by molar-refractivity contribution is 7.99. The van der Waals surface area contributed by atoms with Crippen LogP contribution in [0.15, 0.2) is 11.4 Å². The van der Waals surface area contributed by atoms with Crippen LogP contribution in [-0.2, 0) is 4.79 Å². The van der Waals surface area contributed by atoms with Gasteiger partial charge in [-0.25, -0.2) is 0 Å². The maximum Gasteiger partial charge on any atom is 0.321 e. The molecule has 14 heavy (non-hydrogen) atoms. The van der Waals surface area contributed by atoms with Crippen LogP contribution in [0.1, 0.15) is 15.8 Å². The molecule has 2 N–H and O–H groups in total. The number of carboxylic acid groups (broad SMARTS) is 1. The Balaban J connectivity index is 2.10. The molecule has 1 aromatic rings. The van der Waals surface area contributed by atoms with Gasteiger partial charge in [0.05, 0.1) is 5.37 Å². The van der Waals surface area contributed by atoms with E-state index in [1.54, 1.807) is 23.1 Å². The van der Waals surface area contributed by atoms with Crippen molar-refractivity contribution in [3.05, 3.63) is 21.9 Å². The summed E-state index contributed by atoms with van der Waals surface area (Å²) in [6.45, 7) is 2.06. The first-order chi connectivity index (χ1) is 6.68. The van der Waals surface area contributed by atoms with Gasteiger partial charge in [0, 0.05) is 10.6 Å². The van der Waals surface area contributed by atoms with Gasteiger partial charge in [0.15, 0.2) is 0 Å². The van der Waals surface area contributed by atoms with E-state index in [0.29, 0.717) is 5.75 Å². The third kappa shape index (κ3) is 1.80. The summed E-state index contributed by atoms with van der Waals surface area (Å²) in [6, 6.07) is 1.67. The second-order valence-corrected chi connectivity index (χ2v) is 5.32. The van der Waals surface area contributed by atoms with Crippen LogP contribution in [0.25, 0.3) is 0 Å². The van der Waals surface area contributed by atoms with Crippen LogP contribution in [0.3, 0.4) is 0 Å². The number of aliphatic carboxylic acids is 1. The number of nitrogens with one attached hydrogen (secondary N) is 1. The second kappa shape index (κ2) is 3.92. The van der Waals surface area contributed by atoms with Gasteiger partial charge in [-0.3, -0.25) is 10.1 Å². The minimum Gasteiger partial charge on any atom is -0.480 e. The predicted octanol–water partition coefficient (Wildman–Crippen LogP) is 1.84. The van der Waals surface area contributed by atoms with Crippen LogP contribution < -0.4 is 5.32 Å². The Morgan fingerprint density at radius 3 is 3.00 bits per heavy atom. The SMILES string of the molecule is Cc1ccsc1C1N[C@@H](C(=O)O)CS1. The lowest BCUT2D eigenvalue weighted by Gasteiger charge is -2.09. The molecule has 0 aliphatic carbocycles. The molecule has 1 saturated heterocycles. The number of aryl methyl sites for hydroxylation is 1. The van der Waals surface area contributed by atoms with E-state index in [2.05, 4.69) is 18.3 Å². The van der Waals surface area contributed by atoms with E-state index in [1.807, 2.05) is 5.38 Å². The molecule has 0 spiro atoms. The maximum absolute atomic E-state index is 10.7. The summed E-state index contributed by atoms with van der Waals surface area (Å²) in [5, 5.41) is 14.1. The first kappa shape index (κ1) is 10.0. The van der Waals surface area contributed by atoms with E-state index in [0.717, 1.165) is 0 Å². The van der Waals surface area contributed by atoms with Crippen molar-refractivity contribution in [3.63, 3.8) is 0 Å². The summed E-state index contributed by atoms with van der Waals surface area (Å²) in [7, 11) is 0. The van der Waals surface area contributed by atoms with Crippen LogP contribution in [0, 0.1) is 6.92 Å². The smallest absolute Gasteiger partial charge is 0.321 e. The summed E-state index contributed by atoms with van der Waals surface area (Å²) in [5.74, 6) is -0.105. The monoisotopic (exact) mass is 229 g/mol. The quantitative estimate of drug-likeness (QED) is 0.812. The van der Waals surface area contributed by atoms with Crippen molar-refractivity contribution in [1.82, 2.24) is 5.32 Å². The normalized spacial score (nSPS) is 26.6. The van der Waals surface area contributed by atoms with Gasteiger partial charge in [-0.05, 0) is 23.9 Å². The summed E-state index contributed by atoms with van der Waals surface area (Å²) in [6.07, 6.45) is 0. The molecule has 1 aliphatic heterocycles. The average Bonchev–Trinajstić information content (AvgIpc) is 2.71. The van der Waals surface area contributed by atoms with E-state index < -0.39 is 12.0 Å². The number of carboxylic acids is 1. The predicted molar refractivity (Wildman–Crippen MR) is 58.8 cm³/mol. The molecule has 76 valence electrons. The fraction of sp³-hybridized carbons (Fsp3) is 0.444. The Labute approximate surface area is 90.5 Å². The van der Waals surface area contributed by atoms with Gasteiger partial charge >= 0.3 is 5.97 Å². The lowest BCUT2D eigenvalue weighted by Crippen LogP contribution is -2.33. The summed E-state index contributed by atoms with van der Waals surface area (Å²) < 4.78 is 0. The number of hydrogen-bond acceptors (Lipinski definition) is 4. The molecule has 0 saturated carbocycles. The van der Waals surface area contributed by atoms with Crippen LogP contribution in [0.5, 0.6) is 0 Å². The molecule has 1 unspecified atom stereocenters. The van der Waals surface area contributed by atoms with Gasteiger partial charge in [0.1, 0.15) is 6.04 Å². The van der Waals surface area contributed by atoms with Gasteiger partial charge in [-0.1, -0.05) is 0 Å². The zero-order chi connectivity index (χ0) is 10.1. The van der Waals surface area contributed by atoms with E-state index in [-0.39, 0.29) is 5.37 Å². The summed E-state index contributed by atoms with van der Waals surface area (Å²) in [4.78, 5) is 12.0. The molecule has 0 radical (unpaired) electrons.